The number of likely N-dealkylation sites (tertiary alicyclic amines) is 1. The smallest absolute Gasteiger partial charge is 0.416 e. The number of alkyl halides is 3. The fraction of sp³-hybridized carbons (Fsp3) is 0.533. The second-order valence-corrected chi connectivity index (χ2v) is 11.7. The number of aromatic carboxylic acids is 1. The number of nitrogens with zero attached hydrogens (tertiary/aromatic N) is 2. The highest BCUT2D eigenvalue weighted by atomic mass is 19.4. The lowest BCUT2D eigenvalue weighted by molar-refractivity contribution is -0.180. The number of carbonyl (C=O) groups is 2. The lowest BCUT2D eigenvalue weighted by Gasteiger charge is -2.46. The maximum Gasteiger partial charge on any atom is 0.416 e. The molecule has 226 valence electrons. The van der Waals surface area contributed by atoms with Crippen LogP contribution >= 0.6 is 0 Å². The minimum atomic E-state index is -4.73. The van der Waals surface area contributed by atoms with Crippen LogP contribution in [0.15, 0.2) is 30.3 Å². The predicted octanol–water partition coefficient (Wildman–Crippen LogP) is 5.57. The summed E-state index contributed by atoms with van der Waals surface area (Å²) in [6.45, 7) is 1.34. The Kier molecular flexibility index (Phi) is 7.41. The predicted molar refractivity (Wildman–Crippen MR) is 139 cm³/mol. The van der Waals surface area contributed by atoms with Crippen LogP contribution in [0.5, 0.6) is 5.75 Å². The van der Waals surface area contributed by atoms with Gasteiger partial charge in [-0.1, -0.05) is 6.07 Å². The highest BCUT2D eigenvalue weighted by Gasteiger charge is 2.56. The molecule has 1 N–H and O–H groups in total. The Morgan fingerprint density at radius 1 is 0.976 bits per heavy atom. The van der Waals surface area contributed by atoms with Crippen LogP contribution in [0, 0.1) is 17.6 Å². The molecule has 3 heterocycles. The summed E-state index contributed by atoms with van der Waals surface area (Å²) in [6, 6.07) is 5.57. The number of carboxylic acid groups (broad SMARTS) is 1. The second kappa shape index (κ2) is 10.8. The molecule has 0 spiro atoms. The van der Waals surface area contributed by atoms with E-state index in [1.165, 1.54) is 17.0 Å². The van der Waals surface area contributed by atoms with Gasteiger partial charge in [0.1, 0.15) is 11.4 Å². The SMILES string of the molecule is O=C(O)c1cc(C2CCN(C3CC[C@@](C(=O)N4COc5c(F)cc(C(F)(F)F)cc5C4)(C4CC4)OC3)CC2)ccc1F. The Hall–Kier alpha value is -3.25. The number of ether oxygens (including phenoxy) is 2. The van der Waals surface area contributed by atoms with E-state index in [1.807, 2.05) is 0 Å². The van der Waals surface area contributed by atoms with Crippen molar-refractivity contribution in [3.63, 3.8) is 0 Å². The van der Waals surface area contributed by atoms with Crippen molar-refractivity contribution in [3.05, 3.63) is 64.2 Å². The minimum absolute atomic E-state index is 0.0123. The van der Waals surface area contributed by atoms with E-state index in [2.05, 4.69) is 4.90 Å². The van der Waals surface area contributed by atoms with Crippen LogP contribution < -0.4 is 4.74 Å². The van der Waals surface area contributed by atoms with Crippen molar-refractivity contribution in [1.82, 2.24) is 9.80 Å². The van der Waals surface area contributed by atoms with E-state index in [0.29, 0.717) is 25.5 Å². The molecule has 42 heavy (non-hydrogen) atoms. The molecule has 2 aromatic carbocycles. The third-order valence-corrected chi connectivity index (χ3v) is 9.18. The maximum atomic E-state index is 14.4. The summed E-state index contributed by atoms with van der Waals surface area (Å²) in [5.41, 5.74) is -1.77. The van der Waals surface area contributed by atoms with Gasteiger partial charge in [0.25, 0.3) is 5.91 Å². The Morgan fingerprint density at radius 2 is 1.71 bits per heavy atom. The molecule has 0 radical (unpaired) electrons. The van der Waals surface area contributed by atoms with E-state index in [4.69, 9.17) is 9.47 Å². The van der Waals surface area contributed by atoms with E-state index >= 15 is 0 Å². The van der Waals surface area contributed by atoms with Crippen LogP contribution in [-0.4, -0.2) is 64.9 Å². The van der Waals surface area contributed by atoms with E-state index in [9.17, 15) is 36.6 Å². The lowest BCUT2D eigenvalue weighted by Crippen LogP contribution is -2.59. The quantitative estimate of drug-likeness (QED) is 0.457. The number of amides is 1. The number of fused-ring (bicyclic) bond motifs is 1. The molecule has 1 saturated carbocycles. The summed E-state index contributed by atoms with van der Waals surface area (Å²) in [5, 5.41) is 9.25. The summed E-state index contributed by atoms with van der Waals surface area (Å²) in [6.07, 6.45) is -0.393. The zero-order valence-corrected chi connectivity index (χ0v) is 22.8. The van der Waals surface area contributed by atoms with Crippen molar-refractivity contribution in [2.24, 2.45) is 5.92 Å². The summed E-state index contributed by atoms with van der Waals surface area (Å²) >= 11 is 0. The molecule has 3 aliphatic heterocycles. The van der Waals surface area contributed by atoms with Crippen molar-refractivity contribution in [2.75, 3.05) is 26.4 Å². The highest BCUT2D eigenvalue weighted by molar-refractivity contribution is 5.88. The van der Waals surface area contributed by atoms with Crippen molar-refractivity contribution in [2.45, 2.75) is 68.8 Å². The number of piperidine rings is 1. The van der Waals surface area contributed by atoms with Gasteiger partial charge in [0, 0.05) is 11.6 Å². The molecule has 6 rings (SSSR count). The van der Waals surface area contributed by atoms with Gasteiger partial charge in [0.15, 0.2) is 18.3 Å². The van der Waals surface area contributed by atoms with E-state index in [1.54, 1.807) is 6.07 Å². The number of hydrogen-bond acceptors (Lipinski definition) is 5. The Labute approximate surface area is 239 Å². The van der Waals surface area contributed by atoms with Crippen molar-refractivity contribution < 1.29 is 46.1 Å². The summed E-state index contributed by atoms with van der Waals surface area (Å²) in [5.74, 6) is -3.63. The molecule has 1 amide bonds. The van der Waals surface area contributed by atoms with Crippen LogP contribution in [0.4, 0.5) is 22.0 Å². The summed E-state index contributed by atoms with van der Waals surface area (Å²) < 4.78 is 79.8. The van der Waals surface area contributed by atoms with Crippen LogP contribution in [0.3, 0.4) is 0 Å². The Balaban J connectivity index is 1.10. The third kappa shape index (κ3) is 5.34. The fourth-order valence-electron chi connectivity index (χ4n) is 6.73. The first kappa shape index (κ1) is 28.9. The van der Waals surface area contributed by atoms with Gasteiger partial charge in [0.2, 0.25) is 0 Å². The van der Waals surface area contributed by atoms with Crippen molar-refractivity contribution in [3.8, 4) is 5.75 Å². The molecule has 7 nitrogen and oxygen atoms in total. The second-order valence-electron chi connectivity index (χ2n) is 11.7. The molecule has 4 aliphatic rings. The number of halogens is 5. The molecule has 1 aliphatic carbocycles. The number of rotatable bonds is 5. The molecule has 0 aromatic heterocycles. The average molecular weight is 595 g/mol. The van der Waals surface area contributed by atoms with Gasteiger partial charge in [0.05, 0.1) is 24.3 Å². The van der Waals surface area contributed by atoms with E-state index < -0.39 is 34.9 Å². The fourth-order valence-corrected chi connectivity index (χ4v) is 6.73. The van der Waals surface area contributed by atoms with Gasteiger partial charge in [-0.2, -0.15) is 13.2 Å². The van der Waals surface area contributed by atoms with Crippen LogP contribution in [-0.2, 0) is 22.3 Å². The van der Waals surface area contributed by atoms with Crippen LogP contribution in [0.25, 0.3) is 0 Å². The topological polar surface area (TPSA) is 79.3 Å². The molecule has 12 heteroatoms. The van der Waals surface area contributed by atoms with E-state index in [-0.39, 0.29) is 53.9 Å². The monoisotopic (exact) mass is 594 g/mol. The van der Waals surface area contributed by atoms with Crippen molar-refractivity contribution >= 4 is 11.9 Å². The van der Waals surface area contributed by atoms with Crippen LogP contribution in [0.1, 0.15) is 71.5 Å². The molecule has 3 fully saturated rings. The summed E-state index contributed by atoms with van der Waals surface area (Å²) in [7, 11) is 0. The van der Waals surface area contributed by atoms with Crippen molar-refractivity contribution in [1.29, 1.82) is 0 Å². The van der Waals surface area contributed by atoms with Gasteiger partial charge < -0.3 is 19.5 Å². The first-order chi connectivity index (χ1) is 20.0. The highest BCUT2D eigenvalue weighted by Crippen LogP contribution is 2.49. The minimum Gasteiger partial charge on any atom is -0.478 e. The van der Waals surface area contributed by atoms with Gasteiger partial charge in [-0.15, -0.1) is 0 Å². The zero-order valence-electron chi connectivity index (χ0n) is 22.8. The molecular formula is C30H31F5N2O5. The van der Waals surface area contributed by atoms with Crippen LogP contribution in [0.2, 0.25) is 0 Å². The number of benzene rings is 2. The molecule has 2 aromatic rings. The molecule has 2 saturated heterocycles. The first-order valence-corrected chi connectivity index (χ1v) is 14.2. The first-order valence-electron chi connectivity index (χ1n) is 14.2. The largest absolute Gasteiger partial charge is 0.478 e. The van der Waals surface area contributed by atoms with Gasteiger partial charge in [-0.05, 0) is 93.3 Å². The van der Waals surface area contributed by atoms with Gasteiger partial charge >= 0.3 is 12.1 Å². The van der Waals surface area contributed by atoms with E-state index in [0.717, 1.165) is 50.4 Å². The zero-order chi connectivity index (χ0) is 29.8. The average Bonchev–Trinajstić information content (AvgIpc) is 3.83. The molecule has 0 bridgehead atoms. The standard InChI is InChI=1S/C30H31F5N2O5/c31-24-4-1-18(12-23(24)27(38)39)17-6-9-36(10-7-17)22-5-8-29(42-15-22,20-2-3-20)28(40)37-14-19-11-21(30(33,34)35)13-25(32)26(19)41-16-37/h1,4,11-13,17,20,22H,2-3,5-10,14-16H2,(H,38,39)/t22?,29-/m0/s1. The summed E-state index contributed by atoms with van der Waals surface area (Å²) in [4.78, 5) is 28.8. The lowest BCUT2D eigenvalue weighted by atomic mass is 9.84. The third-order valence-electron chi connectivity index (χ3n) is 9.18. The normalized spacial score (nSPS) is 25.5. The number of hydrogen-bond donors (Lipinski definition) is 1. The van der Waals surface area contributed by atoms with Gasteiger partial charge in [-0.25, -0.2) is 13.6 Å². The Morgan fingerprint density at radius 3 is 2.33 bits per heavy atom. The molecular weight excluding hydrogens is 563 g/mol. The molecule has 1 unspecified atom stereocenters. The molecule has 2 atom stereocenters. The Bertz CT molecular complexity index is 1380. The number of carbonyl (C=O) groups excluding carboxylic acids is 1. The number of carboxylic acids is 1. The maximum absolute atomic E-state index is 14.4. The van der Waals surface area contributed by atoms with Gasteiger partial charge in [-0.3, -0.25) is 9.69 Å².